The third-order valence-corrected chi connectivity index (χ3v) is 6.66. The van der Waals surface area contributed by atoms with Crippen LogP contribution in [0.25, 0.3) is 0 Å². The standard InChI is InChI=1S/C17H17F3N2O2S2/c1-11-6-8-12(9-7-11)26(23,24)22-16(17(18,19)20)14-10-25-15-5-3-2-4-13(15)21-14/h2-9,14,16,21-22H,10H2,1H3. The van der Waals surface area contributed by atoms with E-state index in [2.05, 4.69) is 5.32 Å². The van der Waals surface area contributed by atoms with Gasteiger partial charge < -0.3 is 5.32 Å². The van der Waals surface area contributed by atoms with Crippen molar-refractivity contribution in [2.24, 2.45) is 0 Å². The highest BCUT2D eigenvalue weighted by atomic mass is 32.2. The SMILES string of the molecule is Cc1ccc(S(=O)(=O)NC(C2CSc3ccccc3N2)C(F)(F)F)cc1. The molecule has 0 spiro atoms. The summed E-state index contributed by atoms with van der Waals surface area (Å²) in [5, 5.41) is 2.82. The summed E-state index contributed by atoms with van der Waals surface area (Å²) in [5.74, 6) is 0.0948. The minimum absolute atomic E-state index is 0.0948. The van der Waals surface area contributed by atoms with E-state index in [0.29, 0.717) is 5.69 Å². The molecule has 1 heterocycles. The van der Waals surface area contributed by atoms with Crippen LogP contribution in [-0.2, 0) is 10.0 Å². The van der Waals surface area contributed by atoms with Crippen molar-refractivity contribution in [3.8, 4) is 0 Å². The second-order valence-corrected chi connectivity index (χ2v) is 8.79. The lowest BCUT2D eigenvalue weighted by Gasteiger charge is -2.34. The number of benzene rings is 2. The van der Waals surface area contributed by atoms with Crippen molar-refractivity contribution in [3.05, 3.63) is 54.1 Å². The predicted octanol–water partition coefficient (Wildman–Crippen LogP) is 3.79. The maximum absolute atomic E-state index is 13.6. The van der Waals surface area contributed by atoms with Gasteiger partial charge in [-0.15, -0.1) is 11.8 Å². The molecule has 0 saturated heterocycles. The van der Waals surface area contributed by atoms with E-state index in [0.717, 1.165) is 10.5 Å². The van der Waals surface area contributed by atoms with E-state index in [1.807, 2.05) is 10.8 Å². The largest absolute Gasteiger partial charge is 0.406 e. The molecule has 2 unspecified atom stereocenters. The van der Waals surface area contributed by atoms with Crippen molar-refractivity contribution in [3.63, 3.8) is 0 Å². The van der Waals surface area contributed by atoms with Gasteiger partial charge in [0.25, 0.3) is 0 Å². The Labute approximate surface area is 154 Å². The summed E-state index contributed by atoms with van der Waals surface area (Å²) < 4.78 is 67.6. The lowest BCUT2D eigenvalue weighted by Crippen LogP contribution is -2.56. The maximum atomic E-state index is 13.6. The molecule has 140 valence electrons. The molecule has 9 heteroatoms. The van der Waals surface area contributed by atoms with E-state index < -0.39 is 28.3 Å². The second-order valence-electron chi connectivity index (χ2n) is 6.01. The molecule has 26 heavy (non-hydrogen) atoms. The number of para-hydroxylation sites is 1. The third-order valence-electron chi connectivity index (χ3n) is 4.01. The van der Waals surface area contributed by atoms with E-state index >= 15 is 0 Å². The van der Waals surface area contributed by atoms with Crippen molar-refractivity contribution in [1.29, 1.82) is 0 Å². The van der Waals surface area contributed by atoms with E-state index in [4.69, 9.17) is 0 Å². The average Bonchev–Trinajstić information content (AvgIpc) is 2.59. The highest BCUT2D eigenvalue weighted by Gasteiger charge is 2.48. The first-order valence-corrected chi connectivity index (χ1v) is 10.3. The molecule has 0 bridgehead atoms. The minimum atomic E-state index is -4.73. The van der Waals surface area contributed by atoms with Gasteiger partial charge in [-0.3, -0.25) is 0 Å². The van der Waals surface area contributed by atoms with Gasteiger partial charge >= 0.3 is 6.18 Å². The lowest BCUT2D eigenvalue weighted by molar-refractivity contribution is -0.153. The molecule has 0 aromatic heterocycles. The highest BCUT2D eigenvalue weighted by Crippen LogP contribution is 2.36. The summed E-state index contributed by atoms with van der Waals surface area (Å²) >= 11 is 1.27. The average molecular weight is 402 g/mol. The summed E-state index contributed by atoms with van der Waals surface area (Å²) in [6, 6.07) is 9.32. The first-order valence-electron chi connectivity index (χ1n) is 7.81. The Bertz CT molecular complexity index is 884. The molecule has 0 radical (unpaired) electrons. The van der Waals surface area contributed by atoms with Crippen LogP contribution in [0.15, 0.2) is 58.3 Å². The first kappa shape index (κ1) is 19.1. The van der Waals surface area contributed by atoms with Crippen LogP contribution in [0, 0.1) is 6.92 Å². The molecule has 0 fully saturated rings. The van der Waals surface area contributed by atoms with Gasteiger partial charge in [0, 0.05) is 16.3 Å². The number of halogens is 3. The van der Waals surface area contributed by atoms with Crippen LogP contribution in [0.4, 0.5) is 18.9 Å². The first-order chi connectivity index (χ1) is 12.2. The van der Waals surface area contributed by atoms with Crippen molar-refractivity contribution in [2.75, 3.05) is 11.1 Å². The quantitative estimate of drug-likeness (QED) is 0.817. The Kier molecular flexibility index (Phi) is 5.23. The molecule has 0 amide bonds. The fourth-order valence-electron chi connectivity index (χ4n) is 2.64. The predicted molar refractivity (Wildman–Crippen MR) is 95.9 cm³/mol. The number of anilines is 1. The highest BCUT2D eigenvalue weighted by molar-refractivity contribution is 7.99. The Balaban J connectivity index is 1.87. The number of hydrogen-bond acceptors (Lipinski definition) is 4. The molecule has 2 N–H and O–H groups in total. The van der Waals surface area contributed by atoms with Gasteiger partial charge in [-0.1, -0.05) is 29.8 Å². The second kappa shape index (κ2) is 7.13. The smallest absolute Gasteiger partial charge is 0.379 e. The maximum Gasteiger partial charge on any atom is 0.406 e. The number of thioether (sulfide) groups is 1. The molecule has 1 aliphatic rings. The van der Waals surface area contributed by atoms with Gasteiger partial charge in [0.2, 0.25) is 10.0 Å². The van der Waals surface area contributed by atoms with Crippen molar-refractivity contribution >= 4 is 27.5 Å². The molecule has 2 aromatic rings. The lowest BCUT2D eigenvalue weighted by atomic mass is 10.1. The fraction of sp³-hybridized carbons (Fsp3) is 0.294. The van der Waals surface area contributed by atoms with Crippen LogP contribution in [-0.4, -0.2) is 32.4 Å². The van der Waals surface area contributed by atoms with Gasteiger partial charge in [-0.25, -0.2) is 8.42 Å². The molecule has 0 saturated carbocycles. The molecular weight excluding hydrogens is 385 g/mol. The van der Waals surface area contributed by atoms with Crippen molar-refractivity contribution < 1.29 is 21.6 Å². The number of fused-ring (bicyclic) bond motifs is 1. The Morgan fingerprint density at radius 3 is 2.46 bits per heavy atom. The zero-order valence-corrected chi connectivity index (χ0v) is 15.4. The third kappa shape index (κ3) is 4.16. The van der Waals surface area contributed by atoms with Crippen LogP contribution >= 0.6 is 11.8 Å². The van der Waals surface area contributed by atoms with Gasteiger partial charge in [-0.2, -0.15) is 17.9 Å². The molecule has 2 atom stereocenters. The zero-order valence-electron chi connectivity index (χ0n) is 13.7. The van der Waals surface area contributed by atoms with Crippen LogP contribution in [0.3, 0.4) is 0 Å². The van der Waals surface area contributed by atoms with Gasteiger partial charge in [0.15, 0.2) is 0 Å². The zero-order chi connectivity index (χ0) is 18.9. The number of sulfonamides is 1. The Morgan fingerprint density at radius 2 is 1.81 bits per heavy atom. The summed E-state index contributed by atoms with van der Waals surface area (Å²) in [6.45, 7) is 1.77. The van der Waals surface area contributed by atoms with Crippen molar-refractivity contribution in [2.45, 2.75) is 35.0 Å². The van der Waals surface area contributed by atoms with Crippen LogP contribution in [0.5, 0.6) is 0 Å². The van der Waals surface area contributed by atoms with Gasteiger partial charge in [0.05, 0.1) is 10.9 Å². The fourth-order valence-corrected chi connectivity index (χ4v) is 5.00. The van der Waals surface area contributed by atoms with Crippen LogP contribution in [0.2, 0.25) is 0 Å². The van der Waals surface area contributed by atoms with E-state index in [-0.39, 0.29) is 10.6 Å². The topological polar surface area (TPSA) is 58.2 Å². The van der Waals surface area contributed by atoms with E-state index in [9.17, 15) is 21.6 Å². The number of nitrogens with one attached hydrogen (secondary N) is 2. The Hall–Kier alpha value is -1.71. The molecule has 0 aliphatic carbocycles. The normalized spacial score (nSPS) is 18.7. The van der Waals surface area contributed by atoms with Gasteiger partial charge in [-0.05, 0) is 31.2 Å². The van der Waals surface area contributed by atoms with Gasteiger partial charge in [0.1, 0.15) is 6.04 Å². The summed E-state index contributed by atoms with van der Waals surface area (Å²) in [5.41, 5.74) is 1.39. The number of alkyl halides is 3. The Morgan fingerprint density at radius 1 is 1.15 bits per heavy atom. The molecule has 3 rings (SSSR count). The molecule has 4 nitrogen and oxygen atoms in total. The number of aryl methyl sites for hydroxylation is 1. The van der Waals surface area contributed by atoms with E-state index in [1.165, 1.54) is 23.9 Å². The summed E-state index contributed by atoms with van der Waals surface area (Å²) in [6.07, 6.45) is -4.73. The monoisotopic (exact) mass is 402 g/mol. The summed E-state index contributed by atoms with van der Waals surface area (Å²) in [7, 11) is -4.31. The number of rotatable bonds is 4. The van der Waals surface area contributed by atoms with E-state index in [1.54, 1.807) is 37.3 Å². The molecule has 2 aromatic carbocycles. The van der Waals surface area contributed by atoms with Crippen LogP contribution < -0.4 is 10.0 Å². The van der Waals surface area contributed by atoms with Crippen LogP contribution in [0.1, 0.15) is 5.56 Å². The number of hydrogen-bond donors (Lipinski definition) is 2. The summed E-state index contributed by atoms with van der Waals surface area (Å²) in [4.78, 5) is 0.646. The van der Waals surface area contributed by atoms with Crippen molar-refractivity contribution in [1.82, 2.24) is 4.72 Å². The molecule has 1 aliphatic heterocycles. The minimum Gasteiger partial charge on any atom is -0.379 e. The molecular formula is C17H17F3N2O2S2.